The molecule has 0 saturated carbocycles. The molecule has 1 rings (SSSR count). The zero-order chi connectivity index (χ0) is 8.97. The molecule has 0 amide bonds. The van der Waals surface area contributed by atoms with Crippen LogP contribution in [-0.4, -0.2) is 12.7 Å². The molecule has 0 saturated heterocycles. The van der Waals surface area contributed by atoms with Gasteiger partial charge in [-0.25, -0.2) is 0 Å². The normalized spacial score (nSPS) is 25.4. The van der Waals surface area contributed by atoms with E-state index in [9.17, 15) is 0 Å². The van der Waals surface area contributed by atoms with Crippen molar-refractivity contribution >= 4 is 0 Å². The molecule has 0 spiro atoms. The highest BCUT2D eigenvalue weighted by Crippen LogP contribution is 2.20. The zero-order valence-corrected chi connectivity index (χ0v) is 8.26. The first kappa shape index (κ1) is 9.53. The number of ether oxygens (including phenoxy) is 1. The minimum absolute atomic E-state index is 0.343. The van der Waals surface area contributed by atoms with Crippen molar-refractivity contribution in [3.05, 3.63) is 23.3 Å². The first-order chi connectivity index (χ1) is 5.74. The van der Waals surface area contributed by atoms with Crippen LogP contribution in [0.25, 0.3) is 0 Å². The molecule has 0 N–H and O–H groups in total. The summed E-state index contributed by atoms with van der Waals surface area (Å²) >= 11 is 0. The molecule has 1 heteroatoms. The van der Waals surface area contributed by atoms with Gasteiger partial charge < -0.3 is 4.74 Å². The molecule has 0 aliphatic carbocycles. The Morgan fingerprint density at radius 3 is 3.08 bits per heavy atom. The van der Waals surface area contributed by atoms with Gasteiger partial charge in [-0.05, 0) is 32.3 Å². The second-order valence-electron chi connectivity index (χ2n) is 3.43. The Labute approximate surface area is 75.1 Å². The molecule has 68 valence electrons. The van der Waals surface area contributed by atoms with Gasteiger partial charge in [-0.1, -0.05) is 24.6 Å². The van der Waals surface area contributed by atoms with Crippen molar-refractivity contribution in [2.45, 2.75) is 39.7 Å². The SMILES string of the molecule is CC/C=C(\C)[C@H]1CC(C)=CCO1. The predicted octanol–water partition coefficient (Wildman–Crippen LogP) is 3.08. The van der Waals surface area contributed by atoms with Crippen LogP contribution in [0.1, 0.15) is 33.6 Å². The second kappa shape index (κ2) is 4.46. The van der Waals surface area contributed by atoms with Crippen molar-refractivity contribution in [1.82, 2.24) is 0 Å². The van der Waals surface area contributed by atoms with E-state index >= 15 is 0 Å². The predicted molar refractivity (Wildman–Crippen MR) is 52.2 cm³/mol. The lowest BCUT2D eigenvalue weighted by molar-refractivity contribution is 0.0902. The van der Waals surface area contributed by atoms with Crippen molar-refractivity contribution in [3.8, 4) is 0 Å². The molecule has 1 atom stereocenters. The molecule has 12 heavy (non-hydrogen) atoms. The Balaban J connectivity index is 2.54. The Kier molecular flexibility index (Phi) is 3.54. The fourth-order valence-corrected chi connectivity index (χ4v) is 1.49. The van der Waals surface area contributed by atoms with Crippen LogP contribution in [0.2, 0.25) is 0 Å². The molecule has 0 unspecified atom stereocenters. The standard InChI is InChI=1S/C11H18O/c1-4-5-10(3)11-8-9(2)6-7-12-11/h5-6,11H,4,7-8H2,1-3H3/b10-5+/t11-/m1/s1. The van der Waals surface area contributed by atoms with Crippen molar-refractivity contribution in [2.75, 3.05) is 6.61 Å². The third kappa shape index (κ3) is 2.49. The van der Waals surface area contributed by atoms with E-state index in [0.717, 1.165) is 19.4 Å². The summed E-state index contributed by atoms with van der Waals surface area (Å²) in [5.74, 6) is 0. The Hall–Kier alpha value is -0.560. The quantitative estimate of drug-likeness (QED) is 0.573. The smallest absolute Gasteiger partial charge is 0.0823 e. The van der Waals surface area contributed by atoms with Crippen LogP contribution >= 0.6 is 0 Å². The molecule has 0 aromatic heterocycles. The first-order valence-electron chi connectivity index (χ1n) is 4.68. The summed E-state index contributed by atoms with van der Waals surface area (Å²) in [6, 6.07) is 0. The van der Waals surface area contributed by atoms with Gasteiger partial charge in [-0.3, -0.25) is 0 Å². The summed E-state index contributed by atoms with van der Waals surface area (Å²) in [6.45, 7) is 7.28. The largest absolute Gasteiger partial charge is 0.369 e. The molecule has 1 aliphatic heterocycles. The third-order valence-corrected chi connectivity index (χ3v) is 2.27. The van der Waals surface area contributed by atoms with Gasteiger partial charge in [0.15, 0.2) is 0 Å². The van der Waals surface area contributed by atoms with E-state index in [1.807, 2.05) is 0 Å². The van der Waals surface area contributed by atoms with Crippen molar-refractivity contribution in [3.63, 3.8) is 0 Å². The lowest BCUT2D eigenvalue weighted by Gasteiger charge is -2.22. The van der Waals surface area contributed by atoms with E-state index in [1.54, 1.807) is 0 Å². The van der Waals surface area contributed by atoms with Crippen molar-refractivity contribution in [2.24, 2.45) is 0 Å². The highest BCUT2D eigenvalue weighted by Gasteiger charge is 2.14. The van der Waals surface area contributed by atoms with Crippen molar-refractivity contribution < 1.29 is 4.74 Å². The molecule has 0 aromatic rings. The molecule has 0 bridgehead atoms. The summed E-state index contributed by atoms with van der Waals surface area (Å²) in [5.41, 5.74) is 2.83. The maximum Gasteiger partial charge on any atom is 0.0823 e. The van der Waals surface area contributed by atoms with E-state index in [4.69, 9.17) is 4.74 Å². The van der Waals surface area contributed by atoms with Crippen LogP contribution in [0, 0.1) is 0 Å². The minimum atomic E-state index is 0.343. The molecule has 1 aliphatic rings. The summed E-state index contributed by atoms with van der Waals surface area (Å²) in [4.78, 5) is 0. The van der Waals surface area contributed by atoms with Crippen LogP contribution in [-0.2, 0) is 4.74 Å². The fraction of sp³-hybridized carbons (Fsp3) is 0.636. The number of rotatable bonds is 2. The molecule has 1 nitrogen and oxygen atoms in total. The summed E-state index contributed by atoms with van der Waals surface area (Å²) in [5, 5.41) is 0. The average Bonchev–Trinajstić information content (AvgIpc) is 2.05. The van der Waals surface area contributed by atoms with Crippen molar-refractivity contribution in [1.29, 1.82) is 0 Å². The average molecular weight is 166 g/mol. The second-order valence-corrected chi connectivity index (χ2v) is 3.43. The number of hydrogen-bond acceptors (Lipinski definition) is 1. The third-order valence-electron chi connectivity index (χ3n) is 2.27. The zero-order valence-electron chi connectivity index (χ0n) is 8.26. The molecular weight excluding hydrogens is 148 g/mol. The fourth-order valence-electron chi connectivity index (χ4n) is 1.49. The maximum atomic E-state index is 5.62. The van der Waals surface area contributed by atoms with Gasteiger partial charge in [0.05, 0.1) is 12.7 Å². The summed E-state index contributed by atoms with van der Waals surface area (Å²) < 4.78 is 5.62. The van der Waals surface area contributed by atoms with Gasteiger partial charge in [0.25, 0.3) is 0 Å². The van der Waals surface area contributed by atoms with Gasteiger partial charge in [0, 0.05) is 0 Å². The van der Waals surface area contributed by atoms with Gasteiger partial charge in [-0.2, -0.15) is 0 Å². The topological polar surface area (TPSA) is 9.23 Å². The lowest BCUT2D eigenvalue weighted by Crippen LogP contribution is -2.19. The first-order valence-corrected chi connectivity index (χ1v) is 4.68. The monoisotopic (exact) mass is 166 g/mol. The van der Waals surface area contributed by atoms with Gasteiger partial charge >= 0.3 is 0 Å². The van der Waals surface area contributed by atoms with Gasteiger partial charge in [-0.15, -0.1) is 0 Å². The van der Waals surface area contributed by atoms with Crippen LogP contribution in [0.15, 0.2) is 23.3 Å². The Morgan fingerprint density at radius 1 is 1.75 bits per heavy atom. The minimum Gasteiger partial charge on any atom is -0.369 e. The van der Waals surface area contributed by atoms with E-state index in [0.29, 0.717) is 6.10 Å². The van der Waals surface area contributed by atoms with Crippen LogP contribution in [0.3, 0.4) is 0 Å². The highest BCUT2D eigenvalue weighted by molar-refractivity contribution is 5.14. The molecule has 0 fully saturated rings. The number of allylic oxidation sites excluding steroid dienone is 1. The Bertz CT molecular complexity index is 201. The summed E-state index contributed by atoms with van der Waals surface area (Å²) in [6.07, 6.45) is 6.94. The highest BCUT2D eigenvalue weighted by atomic mass is 16.5. The summed E-state index contributed by atoms with van der Waals surface area (Å²) in [7, 11) is 0. The lowest BCUT2D eigenvalue weighted by atomic mass is 10.0. The van der Waals surface area contributed by atoms with Gasteiger partial charge in [0.2, 0.25) is 0 Å². The van der Waals surface area contributed by atoms with Crippen LogP contribution in [0.4, 0.5) is 0 Å². The molecule has 1 heterocycles. The maximum absolute atomic E-state index is 5.62. The van der Waals surface area contributed by atoms with E-state index in [-0.39, 0.29) is 0 Å². The molecule has 0 aromatic carbocycles. The van der Waals surface area contributed by atoms with E-state index in [2.05, 4.69) is 32.9 Å². The van der Waals surface area contributed by atoms with E-state index < -0.39 is 0 Å². The van der Waals surface area contributed by atoms with Crippen LogP contribution < -0.4 is 0 Å². The molecule has 0 radical (unpaired) electrons. The van der Waals surface area contributed by atoms with Crippen LogP contribution in [0.5, 0.6) is 0 Å². The Morgan fingerprint density at radius 2 is 2.50 bits per heavy atom. The molecular formula is C11H18O. The number of hydrogen-bond donors (Lipinski definition) is 0. The van der Waals surface area contributed by atoms with Gasteiger partial charge in [0.1, 0.15) is 0 Å². The van der Waals surface area contributed by atoms with E-state index in [1.165, 1.54) is 11.1 Å².